The summed E-state index contributed by atoms with van der Waals surface area (Å²) in [5, 5.41) is 19.3. The van der Waals surface area contributed by atoms with Crippen LogP contribution in [0.5, 0.6) is 0 Å². The van der Waals surface area contributed by atoms with E-state index in [-0.39, 0.29) is 11.7 Å². The van der Waals surface area contributed by atoms with Crippen LogP contribution in [-0.4, -0.2) is 28.4 Å². The summed E-state index contributed by atoms with van der Waals surface area (Å²) in [7, 11) is 1.69. The van der Waals surface area contributed by atoms with Gasteiger partial charge in [-0.05, 0) is 30.5 Å². The van der Waals surface area contributed by atoms with Gasteiger partial charge in [0.05, 0.1) is 11.6 Å². The number of rotatable bonds is 7. The average molecular weight is 364 g/mol. The smallest absolute Gasteiger partial charge is 0.353 e. The minimum Gasteiger partial charge on any atom is -0.477 e. The summed E-state index contributed by atoms with van der Waals surface area (Å²) >= 11 is 0. The van der Waals surface area contributed by atoms with Gasteiger partial charge >= 0.3 is 5.97 Å². The Labute approximate surface area is 159 Å². The predicted octanol–water partition coefficient (Wildman–Crippen LogP) is 3.47. The van der Waals surface area contributed by atoms with Gasteiger partial charge in [-0.1, -0.05) is 37.3 Å². The molecule has 1 aromatic carbocycles. The first-order valence-electron chi connectivity index (χ1n) is 8.79. The van der Waals surface area contributed by atoms with Crippen molar-refractivity contribution < 1.29 is 9.90 Å². The average Bonchev–Trinajstić information content (AvgIpc) is 2.96. The number of nitriles is 1. The molecule has 0 aliphatic rings. The summed E-state index contributed by atoms with van der Waals surface area (Å²) in [6.07, 6.45) is 5.92. The fourth-order valence-corrected chi connectivity index (χ4v) is 3.13. The molecule has 3 N–H and O–H groups in total. The molecule has 2 rings (SSSR count). The first kappa shape index (κ1) is 20.1. The molecular formula is C21H24N4O2. The topological polar surface area (TPSA) is 104 Å². The van der Waals surface area contributed by atoms with Crippen molar-refractivity contribution in [3.8, 4) is 17.2 Å². The van der Waals surface area contributed by atoms with Crippen molar-refractivity contribution in [3.05, 3.63) is 58.9 Å². The summed E-state index contributed by atoms with van der Waals surface area (Å²) in [5.41, 5.74) is 8.85. The highest BCUT2D eigenvalue weighted by atomic mass is 16.4. The summed E-state index contributed by atoms with van der Waals surface area (Å²) in [5.74, 6) is -1.04. The lowest BCUT2D eigenvalue weighted by Gasteiger charge is -2.09. The number of carbonyl (C=O) groups is 1. The summed E-state index contributed by atoms with van der Waals surface area (Å²) in [4.78, 5) is 16.2. The number of allylic oxidation sites excluding steroid dienone is 1. The maximum atomic E-state index is 11.8. The van der Waals surface area contributed by atoms with Crippen molar-refractivity contribution in [2.24, 2.45) is 17.8 Å². The zero-order valence-electron chi connectivity index (χ0n) is 15.8. The molecule has 1 aromatic heterocycles. The van der Waals surface area contributed by atoms with Gasteiger partial charge in [0, 0.05) is 31.1 Å². The van der Waals surface area contributed by atoms with Crippen molar-refractivity contribution in [1.82, 2.24) is 4.57 Å². The quantitative estimate of drug-likeness (QED) is 0.734. The van der Waals surface area contributed by atoms with E-state index in [1.54, 1.807) is 23.9 Å². The SMILES string of the molecule is CCc1c(C#N)c(-c2ccc(C(C)N=C/C=C\CN)cc2)c(C(=O)O)n1C. The minimum atomic E-state index is -1.04. The minimum absolute atomic E-state index is 0.0437. The van der Waals surface area contributed by atoms with Crippen LogP contribution in [0, 0.1) is 11.3 Å². The second-order valence-corrected chi connectivity index (χ2v) is 6.13. The van der Waals surface area contributed by atoms with Crippen molar-refractivity contribution in [1.29, 1.82) is 5.26 Å². The van der Waals surface area contributed by atoms with E-state index in [1.807, 2.05) is 44.2 Å². The first-order valence-corrected chi connectivity index (χ1v) is 8.79. The number of hydrogen-bond acceptors (Lipinski definition) is 4. The van der Waals surface area contributed by atoms with E-state index >= 15 is 0 Å². The summed E-state index contributed by atoms with van der Waals surface area (Å²) < 4.78 is 1.60. The highest BCUT2D eigenvalue weighted by Crippen LogP contribution is 2.33. The standard InChI is InChI=1S/C21H24N4O2/c1-4-18-17(13-23)19(20(21(26)27)25(18)3)16-9-7-15(8-10-16)14(2)24-12-6-5-11-22/h5-10,12,14H,4,11,22H2,1-3H3,(H,26,27)/b6-5-,24-12?. The molecule has 1 heterocycles. The molecular weight excluding hydrogens is 340 g/mol. The molecule has 27 heavy (non-hydrogen) atoms. The van der Waals surface area contributed by atoms with E-state index in [2.05, 4.69) is 11.1 Å². The zero-order chi connectivity index (χ0) is 20.0. The molecule has 1 atom stereocenters. The molecule has 140 valence electrons. The monoisotopic (exact) mass is 364 g/mol. The Balaban J connectivity index is 2.46. The molecule has 0 aliphatic carbocycles. The normalized spacial score (nSPS) is 12.6. The molecule has 0 bridgehead atoms. The Morgan fingerprint density at radius 2 is 2.07 bits per heavy atom. The van der Waals surface area contributed by atoms with Crippen LogP contribution in [0.2, 0.25) is 0 Å². The van der Waals surface area contributed by atoms with Gasteiger partial charge in [0.2, 0.25) is 0 Å². The van der Waals surface area contributed by atoms with E-state index in [1.165, 1.54) is 0 Å². The Hall–Kier alpha value is -3.17. The number of benzene rings is 1. The van der Waals surface area contributed by atoms with Gasteiger partial charge in [-0.2, -0.15) is 5.26 Å². The second kappa shape index (κ2) is 8.97. The van der Waals surface area contributed by atoms with Crippen LogP contribution in [0.15, 0.2) is 41.4 Å². The Morgan fingerprint density at radius 1 is 1.41 bits per heavy atom. The third-order valence-electron chi connectivity index (χ3n) is 4.51. The molecule has 0 amide bonds. The van der Waals surface area contributed by atoms with E-state index < -0.39 is 5.97 Å². The number of aromatic nitrogens is 1. The maximum Gasteiger partial charge on any atom is 0.353 e. The van der Waals surface area contributed by atoms with Crippen LogP contribution >= 0.6 is 0 Å². The lowest BCUT2D eigenvalue weighted by atomic mass is 9.97. The van der Waals surface area contributed by atoms with E-state index in [4.69, 9.17) is 5.73 Å². The Kier molecular flexibility index (Phi) is 6.69. The van der Waals surface area contributed by atoms with E-state index in [0.29, 0.717) is 29.7 Å². The zero-order valence-corrected chi connectivity index (χ0v) is 15.8. The molecule has 0 saturated carbocycles. The van der Waals surface area contributed by atoms with Gasteiger partial charge in [0.1, 0.15) is 11.8 Å². The number of carboxylic acids is 1. The van der Waals surface area contributed by atoms with Crippen molar-refractivity contribution >= 4 is 12.2 Å². The molecule has 0 aliphatic heterocycles. The van der Waals surface area contributed by atoms with Crippen LogP contribution in [-0.2, 0) is 13.5 Å². The van der Waals surface area contributed by atoms with Gasteiger partial charge in [0.25, 0.3) is 0 Å². The third kappa shape index (κ3) is 4.15. The Morgan fingerprint density at radius 3 is 2.59 bits per heavy atom. The second-order valence-electron chi connectivity index (χ2n) is 6.13. The number of aliphatic imine (C=N–C) groups is 1. The lowest BCUT2D eigenvalue weighted by Crippen LogP contribution is -2.07. The third-order valence-corrected chi connectivity index (χ3v) is 4.51. The van der Waals surface area contributed by atoms with Gasteiger partial charge < -0.3 is 15.4 Å². The fourth-order valence-electron chi connectivity index (χ4n) is 3.13. The van der Waals surface area contributed by atoms with Crippen LogP contribution in [0.3, 0.4) is 0 Å². The summed E-state index contributed by atoms with van der Waals surface area (Å²) in [6.45, 7) is 4.36. The molecule has 6 heteroatoms. The van der Waals surface area contributed by atoms with Crippen molar-refractivity contribution in [2.45, 2.75) is 26.3 Å². The van der Waals surface area contributed by atoms with Crippen molar-refractivity contribution in [3.63, 3.8) is 0 Å². The predicted molar refractivity (Wildman–Crippen MR) is 107 cm³/mol. The largest absolute Gasteiger partial charge is 0.477 e. The number of nitrogens with two attached hydrogens (primary N) is 1. The molecule has 1 unspecified atom stereocenters. The highest BCUT2D eigenvalue weighted by molar-refractivity contribution is 5.97. The Bertz CT molecular complexity index is 915. The van der Waals surface area contributed by atoms with Crippen LogP contribution in [0.1, 0.15) is 47.2 Å². The lowest BCUT2D eigenvalue weighted by molar-refractivity contribution is 0.0687. The molecule has 0 radical (unpaired) electrons. The molecule has 2 aromatic rings. The number of hydrogen-bond donors (Lipinski definition) is 2. The maximum absolute atomic E-state index is 11.8. The number of aromatic carboxylic acids is 1. The molecule has 0 saturated heterocycles. The van der Waals surface area contributed by atoms with Gasteiger partial charge in [-0.25, -0.2) is 4.79 Å². The number of nitrogens with zero attached hydrogens (tertiary/aromatic N) is 3. The van der Waals surface area contributed by atoms with E-state index in [9.17, 15) is 15.2 Å². The molecule has 0 spiro atoms. The number of carboxylic acid groups (broad SMARTS) is 1. The first-order chi connectivity index (χ1) is 13.0. The van der Waals surface area contributed by atoms with Crippen LogP contribution < -0.4 is 5.73 Å². The summed E-state index contributed by atoms with van der Waals surface area (Å²) in [6, 6.07) is 9.65. The fraction of sp³-hybridized carbons (Fsp3) is 0.286. The van der Waals surface area contributed by atoms with Gasteiger partial charge in [0.15, 0.2) is 0 Å². The van der Waals surface area contributed by atoms with Crippen molar-refractivity contribution in [2.75, 3.05) is 6.54 Å². The highest BCUT2D eigenvalue weighted by Gasteiger charge is 2.25. The van der Waals surface area contributed by atoms with E-state index in [0.717, 1.165) is 11.3 Å². The molecule has 0 fully saturated rings. The van der Waals surface area contributed by atoms with Gasteiger partial charge in [-0.15, -0.1) is 0 Å². The molecule has 6 nitrogen and oxygen atoms in total. The van der Waals surface area contributed by atoms with Crippen LogP contribution in [0.25, 0.3) is 11.1 Å². The van der Waals surface area contributed by atoms with Crippen LogP contribution in [0.4, 0.5) is 0 Å². The van der Waals surface area contributed by atoms with Gasteiger partial charge in [-0.3, -0.25) is 4.99 Å².